The second kappa shape index (κ2) is 8.30. The van der Waals surface area contributed by atoms with Crippen LogP contribution in [-0.2, 0) is 10.1 Å². The molecule has 3 aromatic rings. The molecule has 0 aliphatic carbocycles. The Morgan fingerprint density at radius 3 is 2.14 bits per heavy atom. The Morgan fingerprint density at radius 2 is 1.57 bits per heavy atom. The lowest BCUT2D eigenvalue weighted by molar-refractivity contribution is 0.486. The lowest BCUT2D eigenvalue weighted by Crippen LogP contribution is -2.09. The summed E-state index contributed by atoms with van der Waals surface area (Å²) in [5.74, 6) is 0.197. The van der Waals surface area contributed by atoms with E-state index in [1.54, 1.807) is 66.7 Å². The van der Waals surface area contributed by atoms with Crippen LogP contribution < -0.4 is 4.18 Å². The molecule has 0 spiro atoms. The fourth-order valence-corrected chi connectivity index (χ4v) is 3.53. The van der Waals surface area contributed by atoms with Gasteiger partial charge in [0.1, 0.15) is 10.6 Å². The zero-order valence-electron chi connectivity index (χ0n) is 15.0. The summed E-state index contributed by atoms with van der Waals surface area (Å²) in [4.78, 5) is 0.0941. The third kappa shape index (κ3) is 4.80. The van der Waals surface area contributed by atoms with Gasteiger partial charge in [-0.15, -0.1) is 0 Å². The molecule has 0 bridgehead atoms. The number of halogens is 1. The van der Waals surface area contributed by atoms with Gasteiger partial charge in [0.25, 0.3) is 0 Å². The molecular weight excluding hydrogens is 394 g/mol. The van der Waals surface area contributed by atoms with Gasteiger partial charge >= 0.3 is 10.1 Å². The first-order valence-corrected chi connectivity index (χ1v) is 10.1. The number of aryl methyl sites for hydroxylation is 1. The molecule has 0 aromatic heterocycles. The van der Waals surface area contributed by atoms with Gasteiger partial charge in [0.15, 0.2) is 0 Å². The summed E-state index contributed by atoms with van der Waals surface area (Å²) in [6, 6.07) is 22.0. The quantitative estimate of drug-likeness (QED) is 0.318. The van der Waals surface area contributed by atoms with Crippen LogP contribution in [0, 0.1) is 18.3 Å². The van der Waals surface area contributed by atoms with Gasteiger partial charge in [-0.2, -0.15) is 13.7 Å². The van der Waals surface area contributed by atoms with E-state index in [1.165, 1.54) is 12.1 Å². The van der Waals surface area contributed by atoms with Crippen LogP contribution in [0.25, 0.3) is 11.6 Å². The molecule has 0 saturated carbocycles. The highest BCUT2D eigenvalue weighted by Gasteiger charge is 2.16. The number of nitrogens with zero attached hydrogens (tertiary/aromatic N) is 1. The normalized spacial score (nSPS) is 11.7. The summed E-state index contributed by atoms with van der Waals surface area (Å²) in [5, 5.41) is 10.0. The first-order valence-electron chi connectivity index (χ1n) is 8.36. The number of benzene rings is 3. The zero-order chi connectivity index (χ0) is 20.1. The number of nitriles is 1. The van der Waals surface area contributed by atoms with Crippen LogP contribution in [0.3, 0.4) is 0 Å². The van der Waals surface area contributed by atoms with E-state index in [0.717, 1.165) is 16.7 Å². The lowest BCUT2D eigenvalue weighted by Gasteiger charge is -2.07. The van der Waals surface area contributed by atoms with Gasteiger partial charge in [-0.25, -0.2) is 0 Å². The van der Waals surface area contributed by atoms with Gasteiger partial charge in [-0.3, -0.25) is 0 Å². The van der Waals surface area contributed by atoms with E-state index in [9.17, 15) is 13.7 Å². The van der Waals surface area contributed by atoms with E-state index in [4.69, 9.17) is 15.8 Å². The van der Waals surface area contributed by atoms with Gasteiger partial charge in [-0.05, 0) is 60.5 Å². The Balaban J connectivity index is 1.80. The van der Waals surface area contributed by atoms with Crippen molar-refractivity contribution in [2.75, 3.05) is 0 Å². The molecule has 28 heavy (non-hydrogen) atoms. The maximum absolute atomic E-state index is 12.3. The first kappa shape index (κ1) is 19.7. The highest BCUT2D eigenvalue weighted by Crippen LogP contribution is 2.23. The van der Waals surface area contributed by atoms with E-state index in [-0.39, 0.29) is 10.6 Å². The van der Waals surface area contributed by atoms with Crippen LogP contribution in [0.5, 0.6) is 5.75 Å². The topological polar surface area (TPSA) is 67.2 Å². The fourth-order valence-electron chi connectivity index (χ4n) is 2.48. The molecule has 3 aromatic carbocycles. The highest BCUT2D eigenvalue weighted by molar-refractivity contribution is 7.87. The molecule has 0 atom stereocenters. The Morgan fingerprint density at radius 1 is 0.964 bits per heavy atom. The predicted octanol–water partition coefficient (Wildman–Crippen LogP) is 5.48. The maximum Gasteiger partial charge on any atom is 0.339 e. The molecular formula is C22H16ClNO3S. The summed E-state index contributed by atoms with van der Waals surface area (Å²) < 4.78 is 29.9. The van der Waals surface area contributed by atoms with Crippen molar-refractivity contribution in [3.8, 4) is 11.8 Å². The fraction of sp³-hybridized carbons (Fsp3) is 0.0455. The summed E-state index contributed by atoms with van der Waals surface area (Å²) in [6.45, 7) is 1.88. The minimum atomic E-state index is -3.90. The Bertz CT molecular complexity index is 1140. The van der Waals surface area contributed by atoms with E-state index in [0.29, 0.717) is 10.6 Å². The first-order chi connectivity index (χ1) is 13.4. The molecule has 0 fully saturated rings. The van der Waals surface area contributed by atoms with Crippen molar-refractivity contribution >= 4 is 33.4 Å². The largest absolute Gasteiger partial charge is 0.379 e. The molecule has 0 unspecified atom stereocenters. The molecule has 0 N–H and O–H groups in total. The number of hydrogen-bond acceptors (Lipinski definition) is 4. The average Bonchev–Trinajstić information content (AvgIpc) is 2.68. The van der Waals surface area contributed by atoms with E-state index >= 15 is 0 Å². The van der Waals surface area contributed by atoms with Crippen molar-refractivity contribution in [3.05, 3.63) is 94.5 Å². The van der Waals surface area contributed by atoms with Crippen molar-refractivity contribution in [1.82, 2.24) is 0 Å². The Hall–Kier alpha value is -3.07. The summed E-state index contributed by atoms with van der Waals surface area (Å²) in [5.41, 5.74) is 2.92. The molecule has 0 saturated heterocycles. The van der Waals surface area contributed by atoms with Gasteiger partial charge in [0.2, 0.25) is 0 Å². The van der Waals surface area contributed by atoms with E-state index in [2.05, 4.69) is 6.07 Å². The number of hydrogen-bond donors (Lipinski definition) is 0. The molecule has 4 nitrogen and oxygen atoms in total. The maximum atomic E-state index is 12.3. The molecule has 3 rings (SSSR count). The van der Waals surface area contributed by atoms with Gasteiger partial charge < -0.3 is 4.18 Å². The molecule has 0 aliphatic heterocycles. The zero-order valence-corrected chi connectivity index (χ0v) is 16.5. The minimum absolute atomic E-state index is 0.0941. The summed E-state index contributed by atoms with van der Waals surface area (Å²) in [7, 11) is -3.90. The third-order valence-electron chi connectivity index (χ3n) is 3.98. The SMILES string of the molecule is Cc1ccc(S(=O)(=O)Oc2ccc(/C=C(\C#N)c3ccc(Cl)cc3)cc2)cc1. The van der Waals surface area contributed by atoms with Gasteiger partial charge in [0.05, 0.1) is 11.6 Å². The molecule has 0 heterocycles. The monoisotopic (exact) mass is 409 g/mol. The van der Waals surface area contributed by atoms with Crippen molar-refractivity contribution in [3.63, 3.8) is 0 Å². The highest BCUT2D eigenvalue weighted by atomic mass is 35.5. The molecule has 0 aliphatic rings. The van der Waals surface area contributed by atoms with Crippen molar-refractivity contribution in [1.29, 1.82) is 5.26 Å². The number of rotatable bonds is 5. The summed E-state index contributed by atoms with van der Waals surface area (Å²) >= 11 is 5.88. The average molecular weight is 410 g/mol. The second-order valence-corrected chi connectivity index (χ2v) is 8.08. The van der Waals surface area contributed by atoms with Crippen LogP contribution in [0.15, 0.2) is 77.7 Å². The van der Waals surface area contributed by atoms with Crippen LogP contribution in [-0.4, -0.2) is 8.42 Å². The third-order valence-corrected chi connectivity index (χ3v) is 5.50. The molecule has 0 radical (unpaired) electrons. The van der Waals surface area contributed by atoms with E-state index < -0.39 is 10.1 Å². The lowest BCUT2D eigenvalue weighted by atomic mass is 10.0. The minimum Gasteiger partial charge on any atom is -0.379 e. The van der Waals surface area contributed by atoms with Crippen LogP contribution in [0.4, 0.5) is 0 Å². The standard InChI is InChI=1S/C22H16ClNO3S/c1-16-2-12-22(13-3-16)28(25,26)27-21-10-4-17(5-11-21)14-19(15-24)18-6-8-20(23)9-7-18/h2-14H,1H3/b19-14+. The van der Waals surface area contributed by atoms with Crippen LogP contribution in [0.2, 0.25) is 5.02 Å². The molecule has 0 amide bonds. The van der Waals surface area contributed by atoms with Crippen LogP contribution in [0.1, 0.15) is 16.7 Å². The van der Waals surface area contributed by atoms with Crippen LogP contribution >= 0.6 is 11.6 Å². The predicted molar refractivity (Wildman–Crippen MR) is 110 cm³/mol. The van der Waals surface area contributed by atoms with E-state index in [1.807, 2.05) is 6.92 Å². The number of allylic oxidation sites excluding steroid dienone is 1. The Kier molecular flexibility index (Phi) is 5.84. The smallest absolute Gasteiger partial charge is 0.339 e. The Labute approximate surface area is 169 Å². The summed E-state index contributed by atoms with van der Waals surface area (Å²) in [6.07, 6.45) is 1.71. The van der Waals surface area contributed by atoms with Gasteiger partial charge in [0, 0.05) is 5.02 Å². The molecule has 140 valence electrons. The van der Waals surface area contributed by atoms with Crippen molar-refractivity contribution < 1.29 is 12.6 Å². The van der Waals surface area contributed by atoms with Crippen molar-refractivity contribution in [2.24, 2.45) is 0 Å². The molecule has 6 heteroatoms. The second-order valence-electron chi connectivity index (χ2n) is 6.10. The van der Waals surface area contributed by atoms with Gasteiger partial charge in [-0.1, -0.05) is 53.6 Å². The van der Waals surface area contributed by atoms with Crippen molar-refractivity contribution in [2.45, 2.75) is 11.8 Å².